The summed E-state index contributed by atoms with van der Waals surface area (Å²) in [6, 6.07) is 0.369. The van der Waals surface area contributed by atoms with Crippen molar-refractivity contribution in [3.63, 3.8) is 0 Å². The molecule has 0 aliphatic rings. The Morgan fingerprint density at radius 2 is 2.31 bits per heavy atom. The highest BCUT2D eigenvalue weighted by Gasteiger charge is 2.17. The molecule has 3 nitrogen and oxygen atoms in total. The first-order chi connectivity index (χ1) is 7.74. The fraction of sp³-hybridized carbons (Fsp3) is 0.727. The zero-order valence-electron chi connectivity index (χ0n) is 10.2. The minimum absolute atomic E-state index is 0.369. The predicted octanol–water partition coefficient (Wildman–Crippen LogP) is 3.07. The molecule has 0 aromatic carbocycles. The minimum Gasteiger partial charge on any atom is -0.311 e. The summed E-state index contributed by atoms with van der Waals surface area (Å²) < 4.78 is 3.16. The number of nitrogens with zero attached hydrogens (tertiary/aromatic N) is 2. The van der Waals surface area contributed by atoms with Crippen LogP contribution in [0.15, 0.2) is 10.7 Å². The van der Waals surface area contributed by atoms with Gasteiger partial charge in [-0.2, -0.15) is 16.9 Å². The number of hydrogen-bond donors (Lipinski definition) is 1. The molecular formula is C11H20BrN3S. The van der Waals surface area contributed by atoms with Crippen LogP contribution >= 0.6 is 27.7 Å². The molecule has 0 saturated heterocycles. The Balaban J connectivity index is 2.73. The third kappa shape index (κ3) is 3.50. The van der Waals surface area contributed by atoms with Gasteiger partial charge in [0.05, 0.1) is 22.4 Å². The van der Waals surface area contributed by atoms with Gasteiger partial charge in [0.25, 0.3) is 0 Å². The van der Waals surface area contributed by atoms with Crippen LogP contribution in [0.5, 0.6) is 0 Å². The predicted molar refractivity (Wildman–Crippen MR) is 75.0 cm³/mol. The van der Waals surface area contributed by atoms with Gasteiger partial charge >= 0.3 is 0 Å². The van der Waals surface area contributed by atoms with E-state index < -0.39 is 0 Å². The van der Waals surface area contributed by atoms with E-state index in [-0.39, 0.29) is 0 Å². The summed E-state index contributed by atoms with van der Waals surface area (Å²) in [6.07, 6.45) is 3.11. The SMILES string of the molecule is CCCSCC(NC)c1c(Br)cnn1CC. The van der Waals surface area contributed by atoms with Gasteiger partial charge in [-0.1, -0.05) is 6.92 Å². The van der Waals surface area contributed by atoms with Gasteiger partial charge in [-0.05, 0) is 42.1 Å². The van der Waals surface area contributed by atoms with Crippen LogP contribution in [0.2, 0.25) is 0 Å². The number of halogens is 1. The van der Waals surface area contributed by atoms with Crippen LogP contribution in [0.3, 0.4) is 0 Å². The molecule has 0 aliphatic heterocycles. The molecule has 0 spiro atoms. The van der Waals surface area contributed by atoms with E-state index in [0.717, 1.165) is 16.8 Å². The number of aromatic nitrogens is 2. The summed E-state index contributed by atoms with van der Waals surface area (Å²) in [4.78, 5) is 0. The first-order valence-electron chi connectivity index (χ1n) is 5.70. The molecule has 0 amide bonds. The maximum Gasteiger partial charge on any atom is 0.0703 e. The summed E-state index contributed by atoms with van der Waals surface area (Å²) in [5.74, 6) is 2.31. The molecule has 1 aromatic heterocycles. The molecular weight excluding hydrogens is 286 g/mol. The van der Waals surface area contributed by atoms with E-state index in [1.54, 1.807) is 0 Å². The lowest BCUT2D eigenvalue weighted by Gasteiger charge is -2.17. The van der Waals surface area contributed by atoms with Crippen molar-refractivity contribution in [1.29, 1.82) is 0 Å². The van der Waals surface area contributed by atoms with Gasteiger partial charge in [-0.15, -0.1) is 0 Å². The van der Waals surface area contributed by atoms with Crippen molar-refractivity contribution >= 4 is 27.7 Å². The number of aryl methyl sites for hydroxylation is 1. The van der Waals surface area contributed by atoms with E-state index in [1.165, 1.54) is 17.9 Å². The maximum absolute atomic E-state index is 4.35. The standard InChI is InChI=1S/C11H20BrN3S/c1-4-6-16-8-10(13-3)11-9(12)7-14-15(11)5-2/h7,10,13H,4-6,8H2,1-3H3. The lowest BCUT2D eigenvalue weighted by atomic mass is 10.2. The van der Waals surface area contributed by atoms with Gasteiger partial charge in [-0.3, -0.25) is 4.68 Å². The lowest BCUT2D eigenvalue weighted by Crippen LogP contribution is -2.23. The molecule has 92 valence electrons. The Bertz CT molecular complexity index is 314. The largest absolute Gasteiger partial charge is 0.311 e. The zero-order chi connectivity index (χ0) is 12.0. The van der Waals surface area contributed by atoms with Gasteiger partial charge in [0.2, 0.25) is 0 Å². The van der Waals surface area contributed by atoms with Crippen molar-refractivity contribution < 1.29 is 0 Å². The first-order valence-corrected chi connectivity index (χ1v) is 7.65. The third-order valence-corrected chi connectivity index (χ3v) is 4.32. The molecule has 1 heterocycles. The number of rotatable bonds is 7. The van der Waals surface area contributed by atoms with E-state index in [9.17, 15) is 0 Å². The molecule has 5 heteroatoms. The fourth-order valence-electron chi connectivity index (χ4n) is 1.61. The highest BCUT2D eigenvalue weighted by molar-refractivity contribution is 9.10. The molecule has 1 rings (SSSR count). The van der Waals surface area contributed by atoms with Gasteiger partial charge in [-0.25, -0.2) is 0 Å². The molecule has 16 heavy (non-hydrogen) atoms. The smallest absolute Gasteiger partial charge is 0.0703 e. The molecule has 0 aliphatic carbocycles. The highest BCUT2D eigenvalue weighted by Crippen LogP contribution is 2.26. The summed E-state index contributed by atoms with van der Waals surface area (Å²) >= 11 is 5.56. The quantitative estimate of drug-likeness (QED) is 0.785. The van der Waals surface area contributed by atoms with Crippen molar-refractivity contribution in [2.45, 2.75) is 32.9 Å². The van der Waals surface area contributed by atoms with Crippen molar-refractivity contribution in [1.82, 2.24) is 15.1 Å². The van der Waals surface area contributed by atoms with Gasteiger partial charge in [0, 0.05) is 12.3 Å². The molecule has 0 fully saturated rings. The molecule has 1 aromatic rings. The van der Waals surface area contributed by atoms with E-state index in [4.69, 9.17) is 0 Å². The number of hydrogen-bond acceptors (Lipinski definition) is 3. The van der Waals surface area contributed by atoms with E-state index in [0.29, 0.717) is 6.04 Å². The van der Waals surface area contributed by atoms with Crippen molar-refractivity contribution in [2.75, 3.05) is 18.6 Å². The van der Waals surface area contributed by atoms with Crippen LogP contribution in [0.1, 0.15) is 32.0 Å². The van der Waals surface area contributed by atoms with E-state index in [1.807, 2.05) is 25.0 Å². The summed E-state index contributed by atoms with van der Waals surface area (Å²) in [5.41, 5.74) is 1.26. The van der Waals surface area contributed by atoms with Crippen molar-refractivity contribution in [3.8, 4) is 0 Å². The molecule has 1 N–H and O–H groups in total. The van der Waals surface area contributed by atoms with Crippen LogP contribution < -0.4 is 5.32 Å². The second kappa shape index (κ2) is 7.35. The van der Waals surface area contributed by atoms with E-state index >= 15 is 0 Å². The van der Waals surface area contributed by atoms with Crippen molar-refractivity contribution in [2.24, 2.45) is 0 Å². The van der Waals surface area contributed by atoms with Crippen molar-refractivity contribution in [3.05, 3.63) is 16.4 Å². The van der Waals surface area contributed by atoms with Gasteiger partial charge < -0.3 is 5.32 Å². The molecule has 0 radical (unpaired) electrons. The monoisotopic (exact) mass is 305 g/mol. The second-order valence-corrected chi connectivity index (χ2v) is 5.61. The zero-order valence-corrected chi connectivity index (χ0v) is 12.6. The van der Waals surface area contributed by atoms with Gasteiger partial charge in [0.1, 0.15) is 0 Å². The van der Waals surface area contributed by atoms with Crippen LogP contribution in [-0.4, -0.2) is 28.3 Å². The van der Waals surface area contributed by atoms with Crippen LogP contribution in [0.4, 0.5) is 0 Å². The lowest BCUT2D eigenvalue weighted by molar-refractivity contribution is 0.547. The Labute approximate surface area is 110 Å². The Morgan fingerprint density at radius 3 is 2.88 bits per heavy atom. The Kier molecular flexibility index (Phi) is 6.46. The number of thioether (sulfide) groups is 1. The number of nitrogens with one attached hydrogen (secondary N) is 1. The Morgan fingerprint density at radius 1 is 1.56 bits per heavy atom. The molecule has 1 unspecified atom stereocenters. The minimum atomic E-state index is 0.369. The summed E-state index contributed by atoms with van der Waals surface area (Å²) in [6.45, 7) is 5.25. The Hall–Kier alpha value is 0. The fourth-order valence-corrected chi connectivity index (χ4v) is 3.20. The normalized spacial score (nSPS) is 13.0. The second-order valence-electron chi connectivity index (χ2n) is 3.61. The first kappa shape index (κ1) is 14.1. The average Bonchev–Trinajstić information content (AvgIpc) is 2.66. The highest BCUT2D eigenvalue weighted by atomic mass is 79.9. The van der Waals surface area contributed by atoms with Crippen LogP contribution in [-0.2, 0) is 6.54 Å². The average molecular weight is 306 g/mol. The summed E-state index contributed by atoms with van der Waals surface area (Å²) in [5, 5.41) is 7.72. The molecule has 0 saturated carbocycles. The maximum atomic E-state index is 4.35. The van der Waals surface area contributed by atoms with Crippen LogP contribution in [0.25, 0.3) is 0 Å². The molecule has 0 bridgehead atoms. The summed E-state index contributed by atoms with van der Waals surface area (Å²) in [7, 11) is 2.01. The van der Waals surface area contributed by atoms with Crippen LogP contribution in [0, 0.1) is 0 Å². The molecule has 1 atom stereocenters. The topological polar surface area (TPSA) is 29.9 Å². The third-order valence-electron chi connectivity index (χ3n) is 2.44. The van der Waals surface area contributed by atoms with Gasteiger partial charge in [0.15, 0.2) is 0 Å². The van der Waals surface area contributed by atoms with E-state index in [2.05, 4.69) is 44.9 Å².